The first-order chi connectivity index (χ1) is 12.1. The fraction of sp³-hybridized carbons (Fsp3) is 0.500. The molecule has 1 N–H and O–H groups in total. The Morgan fingerprint density at radius 3 is 2.62 bits per heavy atom. The van der Waals surface area contributed by atoms with Crippen LogP contribution in [0.3, 0.4) is 0 Å². The van der Waals surface area contributed by atoms with E-state index in [0.717, 1.165) is 12.3 Å². The summed E-state index contributed by atoms with van der Waals surface area (Å²) >= 11 is 0. The van der Waals surface area contributed by atoms with Gasteiger partial charge in [0.05, 0.1) is 11.3 Å². The van der Waals surface area contributed by atoms with Gasteiger partial charge in [-0.1, -0.05) is 0 Å². The standard InChI is InChI=1S/C16H16F6N4/c17-15(18,19)11-2-1-5-24-12(11)7-23-6-10-3-4-14-25-13(16(20,21)22)9-26(14)8-10/h1-2,5,9-10,23H,3-4,6-8H2/t10-/m0/s1. The van der Waals surface area contributed by atoms with Crippen LogP contribution in [-0.4, -0.2) is 21.1 Å². The van der Waals surface area contributed by atoms with E-state index in [2.05, 4.69) is 15.3 Å². The first-order valence-corrected chi connectivity index (χ1v) is 7.99. The molecule has 26 heavy (non-hydrogen) atoms. The van der Waals surface area contributed by atoms with Crippen LogP contribution in [0.2, 0.25) is 0 Å². The smallest absolute Gasteiger partial charge is 0.334 e. The van der Waals surface area contributed by atoms with E-state index in [9.17, 15) is 26.3 Å². The summed E-state index contributed by atoms with van der Waals surface area (Å²) in [5, 5.41) is 2.93. The normalized spacial score (nSPS) is 18.0. The van der Waals surface area contributed by atoms with Crippen LogP contribution in [0.25, 0.3) is 0 Å². The maximum absolute atomic E-state index is 12.9. The monoisotopic (exact) mass is 378 g/mol. The zero-order valence-corrected chi connectivity index (χ0v) is 13.5. The van der Waals surface area contributed by atoms with E-state index in [1.54, 1.807) is 0 Å². The van der Waals surface area contributed by atoms with Crippen molar-refractivity contribution >= 4 is 0 Å². The van der Waals surface area contributed by atoms with E-state index < -0.39 is 23.6 Å². The lowest BCUT2D eigenvalue weighted by Gasteiger charge is -2.24. The van der Waals surface area contributed by atoms with E-state index in [0.29, 0.717) is 31.8 Å². The summed E-state index contributed by atoms with van der Waals surface area (Å²) in [5.74, 6) is 0.397. The molecule has 3 heterocycles. The lowest BCUT2D eigenvalue weighted by atomic mass is 9.99. The second-order valence-electron chi connectivity index (χ2n) is 6.22. The van der Waals surface area contributed by atoms with Crippen LogP contribution in [-0.2, 0) is 31.9 Å². The number of imidazole rings is 1. The van der Waals surface area contributed by atoms with Crippen molar-refractivity contribution in [2.45, 2.75) is 38.3 Å². The number of halogens is 6. The molecule has 2 aromatic heterocycles. The summed E-state index contributed by atoms with van der Waals surface area (Å²) in [5.41, 5.74) is -1.80. The molecule has 1 aliphatic rings. The van der Waals surface area contributed by atoms with Gasteiger partial charge < -0.3 is 9.88 Å². The third-order valence-electron chi connectivity index (χ3n) is 4.30. The van der Waals surface area contributed by atoms with E-state index in [4.69, 9.17) is 0 Å². The molecule has 0 saturated carbocycles. The summed E-state index contributed by atoms with van der Waals surface area (Å²) in [6, 6.07) is 2.20. The molecule has 1 aliphatic heterocycles. The highest BCUT2D eigenvalue weighted by Gasteiger charge is 2.36. The fourth-order valence-corrected chi connectivity index (χ4v) is 3.05. The second-order valence-corrected chi connectivity index (χ2v) is 6.22. The van der Waals surface area contributed by atoms with E-state index in [1.165, 1.54) is 16.8 Å². The Morgan fingerprint density at radius 2 is 1.92 bits per heavy atom. The van der Waals surface area contributed by atoms with Crippen molar-refractivity contribution in [3.63, 3.8) is 0 Å². The summed E-state index contributed by atoms with van der Waals surface area (Å²) in [4.78, 5) is 7.38. The molecule has 1 atom stereocenters. The van der Waals surface area contributed by atoms with Gasteiger partial charge in [0, 0.05) is 38.4 Å². The average molecular weight is 378 g/mol. The Balaban J connectivity index is 1.58. The Bertz CT molecular complexity index is 765. The number of nitrogens with zero attached hydrogens (tertiary/aromatic N) is 3. The van der Waals surface area contributed by atoms with E-state index in [1.807, 2.05) is 0 Å². The lowest BCUT2D eigenvalue weighted by molar-refractivity contribution is -0.141. The van der Waals surface area contributed by atoms with Crippen LogP contribution >= 0.6 is 0 Å². The molecule has 4 nitrogen and oxygen atoms in total. The van der Waals surface area contributed by atoms with Gasteiger partial charge in [-0.2, -0.15) is 26.3 Å². The van der Waals surface area contributed by atoms with Gasteiger partial charge in [-0.25, -0.2) is 4.98 Å². The SMILES string of the molecule is FC(F)(F)c1cn2c(n1)CC[C@@H](CNCc1ncccc1C(F)(F)F)C2. The van der Waals surface area contributed by atoms with E-state index >= 15 is 0 Å². The molecular weight excluding hydrogens is 362 g/mol. The molecule has 3 rings (SSSR count). The maximum atomic E-state index is 12.9. The third kappa shape index (κ3) is 4.17. The molecule has 0 bridgehead atoms. The van der Waals surface area contributed by atoms with Gasteiger partial charge in [-0.05, 0) is 24.5 Å². The quantitative estimate of drug-likeness (QED) is 0.826. The molecule has 0 radical (unpaired) electrons. The fourth-order valence-electron chi connectivity index (χ4n) is 3.05. The van der Waals surface area contributed by atoms with Gasteiger partial charge in [-0.15, -0.1) is 0 Å². The number of alkyl halides is 6. The highest BCUT2D eigenvalue weighted by atomic mass is 19.4. The van der Waals surface area contributed by atoms with Crippen LogP contribution in [0, 0.1) is 5.92 Å². The number of aromatic nitrogens is 3. The predicted molar refractivity (Wildman–Crippen MR) is 80.0 cm³/mol. The van der Waals surface area contributed by atoms with Gasteiger partial charge in [0.25, 0.3) is 0 Å². The maximum Gasteiger partial charge on any atom is 0.434 e. The Morgan fingerprint density at radius 1 is 1.15 bits per heavy atom. The number of nitrogens with one attached hydrogen (secondary N) is 1. The second kappa shape index (κ2) is 6.90. The van der Waals surface area contributed by atoms with Crippen LogP contribution in [0.1, 0.15) is 29.2 Å². The number of hydrogen-bond donors (Lipinski definition) is 1. The topological polar surface area (TPSA) is 42.7 Å². The minimum Gasteiger partial charge on any atom is -0.334 e. The molecule has 0 spiro atoms. The first kappa shape index (κ1) is 18.7. The van der Waals surface area contributed by atoms with Crippen LogP contribution in [0.15, 0.2) is 24.5 Å². The van der Waals surface area contributed by atoms with Crippen molar-refractivity contribution in [3.8, 4) is 0 Å². The lowest BCUT2D eigenvalue weighted by Crippen LogP contribution is -2.30. The number of fused-ring (bicyclic) bond motifs is 1. The molecule has 10 heteroatoms. The molecule has 2 aromatic rings. The van der Waals surface area contributed by atoms with Crippen molar-refractivity contribution in [1.29, 1.82) is 0 Å². The summed E-state index contributed by atoms with van der Waals surface area (Å²) < 4.78 is 78.4. The molecule has 0 amide bonds. The minimum absolute atomic E-state index is 0.0100. The summed E-state index contributed by atoms with van der Waals surface area (Å²) in [6.45, 7) is 0.670. The zero-order chi connectivity index (χ0) is 18.9. The average Bonchev–Trinajstić information content (AvgIpc) is 2.98. The number of hydrogen-bond acceptors (Lipinski definition) is 3. The van der Waals surface area contributed by atoms with Crippen LogP contribution < -0.4 is 5.32 Å². The number of rotatable bonds is 4. The summed E-state index contributed by atoms with van der Waals surface area (Å²) in [7, 11) is 0. The van der Waals surface area contributed by atoms with Crippen LogP contribution in [0.5, 0.6) is 0 Å². The van der Waals surface area contributed by atoms with Gasteiger partial charge in [0.1, 0.15) is 5.82 Å². The summed E-state index contributed by atoms with van der Waals surface area (Å²) in [6.07, 6.45) is -5.65. The third-order valence-corrected chi connectivity index (χ3v) is 4.30. The van der Waals surface area contributed by atoms with Crippen LogP contribution in [0.4, 0.5) is 26.3 Å². The highest BCUT2D eigenvalue weighted by Crippen LogP contribution is 2.32. The van der Waals surface area contributed by atoms with Crippen molar-refractivity contribution in [1.82, 2.24) is 19.9 Å². The molecule has 0 saturated heterocycles. The molecule has 0 unspecified atom stereocenters. The number of pyridine rings is 1. The van der Waals surface area contributed by atoms with Gasteiger partial charge in [-0.3, -0.25) is 4.98 Å². The van der Waals surface area contributed by atoms with Crippen molar-refractivity contribution in [3.05, 3.63) is 47.3 Å². The van der Waals surface area contributed by atoms with E-state index in [-0.39, 0.29) is 18.2 Å². The van der Waals surface area contributed by atoms with Gasteiger partial charge in [0.15, 0.2) is 5.69 Å². The van der Waals surface area contributed by atoms with Crippen molar-refractivity contribution < 1.29 is 26.3 Å². The largest absolute Gasteiger partial charge is 0.434 e. The molecule has 0 fully saturated rings. The minimum atomic E-state index is -4.48. The van der Waals surface area contributed by atoms with Gasteiger partial charge >= 0.3 is 12.4 Å². The first-order valence-electron chi connectivity index (χ1n) is 7.99. The highest BCUT2D eigenvalue weighted by molar-refractivity contribution is 5.22. The molecular formula is C16H16F6N4. The Labute approximate surface area is 145 Å². The van der Waals surface area contributed by atoms with Crippen molar-refractivity contribution in [2.24, 2.45) is 5.92 Å². The molecule has 142 valence electrons. The zero-order valence-electron chi connectivity index (χ0n) is 13.5. The Hall–Kier alpha value is -2.10. The van der Waals surface area contributed by atoms with Crippen molar-refractivity contribution in [2.75, 3.05) is 6.54 Å². The molecule has 0 aromatic carbocycles. The predicted octanol–water partition coefficient (Wildman–Crippen LogP) is 3.67. The van der Waals surface area contributed by atoms with Gasteiger partial charge in [0.2, 0.25) is 0 Å². The molecule has 0 aliphatic carbocycles. The number of aryl methyl sites for hydroxylation is 1. The Kier molecular flexibility index (Phi) is 4.96.